The number of hydrogen-bond donors (Lipinski definition) is 2. The standard InChI is InChI=1S/C18H16N2O3S/c19-8-9-24-10-15(21)20-14-7-3-6-13-16(14)18(23)12-5-2-1-4-11(12)17(13)22/h1-7H,8-10,19H2,(H,20,21). The van der Waals surface area contributed by atoms with Crippen LogP contribution in [0.5, 0.6) is 0 Å². The van der Waals surface area contributed by atoms with E-state index in [9.17, 15) is 14.4 Å². The third-order valence-electron chi connectivity index (χ3n) is 3.72. The van der Waals surface area contributed by atoms with E-state index in [1.807, 2.05) is 0 Å². The van der Waals surface area contributed by atoms with E-state index in [0.29, 0.717) is 34.7 Å². The molecule has 0 unspecified atom stereocenters. The van der Waals surface area contributed by atoms with Gasteiger partial charge in [-0.2, -0.15) is 11.8 Å². The lowest BCUT2D eigenvalue weighted by Gasteiger charge is -2.20. The van der Waals surface area contributed by atoms with Crippen molar-refractivity contribution in [2.45, 2.75) is 0 Å². The van der Waals surface area contributed by atoms with E-state index in [0.717, 1.165) is 0 Å². The minimum absolute atomic E-state index is 0.200. The molecule has 5 nitrogen and oxygen atoms in total. The summed E-state index contributed by atoms with van der Waals surface area (Å²) in [6, 6.07) is 11.7. The summed E-state index contributed by atoms with van der Waals surface area (Å²) in [5.74, 6) is 0.269. The third kappa shape index (κ3) is 2.98. The van der Waals surface area contributed by atoms with Crippen molar-refractivity contribution in [1.82, 2.24) is 0 Å². The Labute approximate surface area is 143 Å². The maximum absolute atomic E-state index is 12.8. The van der Waals surface area contributed by atoms with E-state index >= 15 is 0 Å². The molecule has 3 N–H and O–H groups in total. The van der Waals surface area contributed by atoms with Gasteiger partial charge in [-0.1, -0.05) is 36.4 Å². The van der Waals surface area contributed by atoms with E-state index in [2.05, 4.69) is 5.32 Å². The van der Waals surface area contributed by atoms with Gasteiger partial charge in [0.1, 0.15) is 0 Å². The number of fused-ring (bicyclic) bond motifs is 2. The molecule has 0 aromatic heterocycles. The van der Waals surface area contributed by atoms with Crippen molar-refractivity contribution < 1.29 is 14.4 Å². The number of rotatable bonds is 5. The Balaban J connectivity index is 1.94. The van der Waals surface area contributed by atoms with Crippen molar-refractivity contribution in [3.8, 4) is 0 Å². The molecule has 0 spiro atoms. The van der Waals surface area contributed by atoms with Gasteiger partial charge in [-0.15, -0.1) is 0 Å². The summed E-state index contributed by atoms with van der Waals surface area (Å²) >= 11 is 1.42. The fourth-order valence-electron chi connectivity index (χ4n) is 2.68. The van der Waals surface area contributed by atoms with Gasteiger partial charge >= 0.3 is 0 Å². The van der Waals surface area contributed by atoms with Crippen LogP contribution in [0.15, 0.2) is 42.5 Å². The van der Waals surface area contributed by atoms with E-state index in [1.54, 1.807) is 42.5 Å². The normalized spacial score (nSPS) is 12.5. The van der Waals surface area contributed by atoms with Crippen LogP contribution in [-0.2, 0) is 4.79 Å². The van der Waals surface area contributed by atoms with Crippen molar-refractivity contribution in [3.63, 3.8) is 0 Å². The number of thioether (sulfide) groups is 1. The molecule has 3 rings (SSSR count). The van der Waals surface area contributed by atoms with Gasteiger partial charge in [-0.25, -0.2) is 0 Å². The highest BCUT2D eigenvalue weighted by Gasteiger charge is 2.31. The predicted octanol–water partition coefficient (Wildman–Crippen LogP) is 2.09. The topological polar surface area (TPSA) is 89.3 Å². The van der Waals surface area contributed by atoms with E-state index in [1.165, 1.54) is 11.8 Å². The number of carbonyl (C=O) groups is 3. The Morgan fingerprint density at radius 2 is 1.62 bits per heavy atom. The Hall–Kier alpha value is -2.44. The summed E-state index contributed by atoms with van der Waals surface area (Å²) in [5.41, 5.74) is 7.13. The maximum Gasteiger partial charge on any atom is 0.234 e. The molecule has 122 valence electrons. The van der Waals surface area contributed by atoms with Crippen LogP contribution in [0.2, 0.25) is 0 Å². The van der Waals surface area contributed by atoms with Crippen molar-refractivity contribution in [2.75, 3.05) is 23.4 Å². The first kappa shape index (κ1) is 16.4. The van der Waals surface area contributed by atoms with Crippen LogP contribution >= 0.6 is 11.8 Å². The summed E-state index contributed by atoms with van der Waals surface area (Å²) in [6.07, 6.45) is 0. The van der Waals surface area contributed by atoms with Gasteiger partial charge in [0.2, 0.25) is 5.91 Å². The number of nitrogens with one attached hydrogen (secondary N) is 1. The number of anilines is 1. The molecular formula is C18H16N2O3S. The quantitative estimate of drug-likeness (QED) is 0.694. The van der Waals surface area contributed by atoms with Crippen molar-refractivity contribution in [1.29, 1.82) is 0 Å². The van der Waals surface area contributed by atoms with E-state index < -0.39 is 0 Å². The molecule has 0 bridgehead atoms. The minimum atomic E-state index is -0.245. The Bertz CT molecular complexity index is 833. The van der Waals surface area contributed by atoms with Crippen LogP contribution < -0.4 is 11.1 Å². The molecule has 2 aromatic rings. The molecule has 6 heteroatoms. The molecule has 0 atom stereocenters. The number of nitrogens with two attached hydrogens (primary N) is 1. The molecule has 0 aliphatic heterocycles. The SMILES string of the molecule is NCCSCC(=O)Nc1cccc2c1C(=O)c1ccccc1C2=O. The largest absolute Gasteiger partial charge is 0.330 e. The average molecular weight is 340 g/mol. The summed E-state index contributed by atoms with van der Waals surface area (Å²) in [7, 11) is 0. The Morgan fingerprint density at radius 1 is 0.958 bits per heavy atom. The zero-order chi connectivity index (χ0) is 17.1. The molecule has 0 radical (unpaired) electrons. The zero-order valence-electron chi connectivity index (χ0n) is 12.9. The fraction of sp³-hybridized carbons (Fsp3) is 0.167. The van der Waals surface area contributed by atoms with Gasteiger partial charge in [-0.3, -0.25) is 14.4 Å². The fourth-order valence-corrected chi connectivity index (χ4v) is 3.25. The number of amides is 1. The lowest BCUT2D eigenvalue weighted by molar-refractivity contribution is -0.113. The first-order valence-electron chi connectivity index (χ1n) is 7.52. The maximum atomic E-state index is 12.8. The van der Waals surface area contributed by atoms with Crippen molar-refractivity contribution in [3.05, 3.63) is 64.7 Å². The number of carbonyl (C=O) groups excluding carboxylic acids is 3. The van der Waals surface area contributed by atoms with Gasteiger partial charge in [0.25, 0.3) is 0 Å². The van der Waals surface area contributed by atoms with Crippen molar-refractivity contribution in [2.24, 2.45) is 5.73 Å². The summed E-state index contributed by atoms with van der Waals surface area (Å²) in [6.45, 7) is 0.502. The van der Waals surface area contributed by atoms with Crippen LogP contribution in [0.3, 0.4) is 0 Å². The van der Waals surface area contributed by atoms with Gasteiger partial charge in [0, 0.05) is 29.0 Å². The second-order valence-electron chi connectivity index (χ2n) is 5.32. The molecular weight excluding hydrogens is 324 g/mol. The molecule has 0 fully saturated rings. The van der Waals surface area contributed by atoms with Gasteiger partial charge in [0.15, 0.2) is 11.6 Å². The molecule has 1 aliphatic carbocycles. The Morgan fingerprint density at radius 3 is 2.33 bits per heavy atom. The number of hydrogen-bond acceptors (Lipinski definition) is 5. The summed E-state index contributed by atoms with van der Waals surface area (Å²) in [4.78, 5) is 37.4. The molecule has 1 aliphatic rings. The monoisotopic (exact) mass is 340 g/mol. The predicted molar refractivity (Wildman–Crippen MR) is 94.8 cm³/mol. The van der Waals surface area contributed by atoms with E-state index in [4.69, 9.17) is 5.73 Å². The summed E-state index contributed by atoms with van der Waals surface area (Å²) < 4.78 is 0. The number of ketones is 2. The first-order valence-corrected chi connectivity index (χ1v) is 8.68. The van der Waals surface area contributed by atoms with Crippen LogP contribution in [0.1, 0.15) is 31.8 Å². The zero-order valence-corrected chi connectivity index (χ0v) is 13.7. The minimum Gasteiger partial charge on any atom is -0.330 e. The smallest absolute Gasteiger partial charge is 0.234 e. The first-order chi connectivity index (χ1) is 11.6. The molecule has 0 heterocycles. The highest BCUT2D eigenvalue weighted by molar-refractivity contribution is 7.99. The molecule has 1 amide bonds. The highest BCUT2D eigenvalue weighted by Crippen LogP contribution is 2.31. The average Bonchev–Trinajstić information content (AvgIpc) is 2.60. The third-order valence-corrected chi connectivity index (χ3v) is 4.71. The Kier molecular flexibility index (Phi) is 4.78. The molecule has 24 heavy (non-hydrogen) atoms. The second-order valence-corrected chi connectivity index (χ2v) is 6.43. The van der Waals surface area contributed by atoms with Gasteiger partial charge in [-0.05, 0) is 6.07 Å². The molecule has 2 aromatic carbocycles. The van der Waals surface area contributed by atoms with Crippen LogP contribution in [0, 0.1) is 0 Å². The van der Waals surface area contributed by atoms with E-state index in [-0.39, 0.29) is 28.8 Å². The molecule has 0 saturated heterocycles. The van der Waals surface area contributed by atoms with Crippen LogP contribution in [0.25, 0.3) is 0 Å². The number of benzene rings is 2. The second kappa shape index (κ2) is 6.98. The lowest BCUT2D eigenvalue weighted by atomic mass is 9.83. The molecule has 0 saturated carbocycles. The van der Waals surface area contributed by atoms with Crippen LogP contribution in [0.4, 0.5) is 5.69 Å². The van der Waals surface area contributed by atoms with Crippen LogP contribution in [-0.4, -0.2) is 35.5 Å². The van der Waals surface area contributed by atoms with Gasteiger partial charge < -0.3 is 11.1 Å². The van der Waals surface area contributed by atoms with Gasteiger partial charge in [0.05, 0.1) is 17.0 Å². The van der Waals surface area contributed by atoms with Crippen molar-refractivity contribution >= 4 is 34.9 Å². The summed E-state index contributed by atoms with van der Waals surface area (Å²) in [5, 5.41) is 2.74. The lowest BCUT2D eigenvalue weighted by Crippen LogP contribution is -2.24. The highest BCUT2D eigenvalue weighted by atomic mass is 32.2.